The summed E-state index contributed by atoms with van der Waals surface area (Å²) in [4.78, 5) is 37.8. The number of hydrogen-bond donors (Lipinski definition) is 0. The van der Waals surface area contributed by atoms with Crippen molar-refractivity contribution in [3.63, 3.8) is 0 Å². The van der Waals surface area contributed by atoms with E-state index < -0.39 is 6.10 Å². The average Bonchev–Trinajstić information content (AvgIpc) is 3.24. The maximum atomic E-state index is 12.8. The van der Waals surface area contributed by atoms with Gasteiger partial charge in [-0.15, -0.1) is 0 Å². The zero-order valence-electron chi connectivity index (χ0n) is 39.7. The van der Waals surface area contributed by atoms with E-state index in [9.17, 15) is 14.4 Å². The fourth-order valence-corrected chi connectivity index (χ4v) is 7.15. The Bertz CT molecular complexity index is 1060. The van der Waals surface area contributed by atoms with E-state index in [1.807, 2.05) is 0 Å². The molecule has 0 saturated carbocycles. The van der Waals surface area contributed by atoms with Crippen molar-refractivity contribution < 1.29 is 28.6 Å². The molecule has 0 aromatic heterocycles. The second kappa shape index (κ2) is 49.0. The van der Waals surface area contributed by atoms with Crippen molar-refractivity contribution in [1.82, 2.24) is 0 Å². The van der Waals surface area contributed by atoms with Gasteiger partial charge in [-0.05, 0) is 83.5 Å². The lowest BCUT2D eigenvalue weighted by Crippen LogP contribution is -2.30. The zero-order chi connectivity index (χ0) is 43.7. The van der Waals surface area contributed by atoms with E-state index in [2.05, 4.69) is 69.4 Å². The Hall–Kier alpha value is -2.63. The lowest BCUT2D eigenvalue weighted by atomic mass is 10.1. The van der Waals surface area contributed by atoms with Crippen LogP contribution in [-0.2, 0) is 28.6 Å². The number of carbonyl (C=O) groups is 3. The molecule has 6 heteroatoms. The third kappa shape index (κ3) is 46.4. The Balaban J connectivity index is 4.31. The van der Waals surface area contributed by atoms with Crippen molar-refractivity contribution in [2.24, 2.45) is 0 Å². The lowest BCUT2D eigenvalue weighted by molar-refractivity contribution is -0.167. The Labute approximate surface area is 371 Å². The standard InChI is InChI=1S/C54H96O6/c1-4-7-10-13-16-19-21-23-25-26-27-28-30-31-33-35-38-41-44-47-53(56)59-50-51(49-58-52(55)46-43-40-37-18-15-12-9-6-3)60-54(57)48-45-42-39-36-34-32-29-24-22-20-17-14-11-8-5-2/h16,19,23-25,27-29,51H,4-15,17-18,20-22,26,30-50H2,1-3H3/b19-16-,25-23-,28-27-,29-24-. The molecule has 0 aromatic carbocycles. The number of allylic oxidation sites excluding steroid dienone is 8. The fraction of sp³-hybridized carbons (Fsp3) is 0.796. The van der Waals surface area contributed by atoms with Crippen molar-refractivity contribution in [3.05, 3.63) is 48.6 Å². The minimum Gasteiger partial charge on any atom is -0.462 e. The zero-order valence-corrected chi connectivity index (χ0v) is 39.7. The lowest BCUT2D eigenvalue weighted by Gasteiger charge is -2.18. The van der Waals surface area contributed by atoms with Crippen molar-refractivity contribution in [2.45, 2.75) is 264 Å². The summed E-state index contributed by atoms with van der Waals surface area (Å²) in [5.41, 5.74) is 0. The molecule has 0 amide bonds. The van der Waals surface area contributed by atoms with E-state index in [4.69, 9.17) is 14.2 Å². The summed E-state index contributed by atoms with van der Waals surface area (Å²) in [5, 5.41) is 0. The molecule has 0 heterocycles. The molecule has 0 aliphatic heterocycles. The monoisotopic (exact) mass is 841 g/mol. The number of unbranched alkanes of at least 4 members (excludes halogenated alkanes) is 27. The summed E-state index contributed by atoms with van der Waals surface area (Å²) >= 11 is 0. The van der Waals surface area contributed by atoms with Crippen molar-refractivity contribution in [1.29, 1.82) is 0 Å². The van der Waals surface area contributed by atoms with Crippen LogP contribution in [-0.4, -0.2) is 37.2 Å². The number of ether oxygens (including phenoxy) is 3. The van der Waals surface area contributed by atoms with E-state index >= 15 is 0 Å². The van der Waals surface area contributed by atoms with Crippen molar-refractivity contribution >= 4 is 17.9 Å². The first-order chi connectivity index (χ1) is 29.5. The number of carbonyl (C=O) groups excluding carboxylic acids is 3. The highest BCUT2D eigenvalue weighted by Gasteiger charge is 2.19. The molecule has 348 valence electrons. The third-order valence-electron chi connectivity index (χ3n) is 11.1. The van der Waals surface area contributed by atoms with E-state index in [1.165, 1.54) is 128 Å². The Morgan fingerprint density at radius 3 is 0.983 bits per heavy atom. The van der Waals surface area contributed by atoms with Gasteiger partial charge >= 0.3 is 17.9 Å². The van der Waals surface area contributed by atoms with E-state index in [1.54, 1.807) is 0 Å². The third-order valence-corrected chi connectivity index (χ3v) is 11.1. The van der Waals surface area contributed by atoms with Gasteiger partial charge in [0.25, 0.3) is 0 Å². The molecule has 0 radical (unpaired) electrons. The molecule has 6 nitrogen and oxygen atoms in total. The molecule has 0 fully saturated rings. The molecule has 0 spiro atoms. The van der Waals surface area contributed by atoms with Crippen LogP contribution in [0.4, 0.5) is 0 Å². The highest BCUT2D eigenvalue weighted by molar-refractivity contribution is 5.71. The Kier molecular flexibility index (Phi) is 46.9. The molecule has 1 unspecified atom stereocenters. The SMILES string of the molecule is CCCCC/C=C\C/C=C\C/C=C\CCCCCCCCC(=O)OCC(COC(=O)CCCCCCCCCC)OC(=O)CCCCCCC/C=C\CCCCCCCC. The van der Waals surface area contributed by atoms with Crippen LogP contribution < -0.4 is 0 Å². The van der Waals surface area contributed by atoms with Gasteiger partial charge < -0.3 is 14.2 Å². The Morgan fingerprint density at radius 2 is 0.600 bits per heavy atom. The van der Waals surface area contributed by atoms with E-state index in [0.717, 1.165) is 89.9 Å². The number of rotatable bonds is 46. The van der Waals surface area contributed by atoms with Crippen LogP contribution in [0, 0.1) is 0 Å². The van der Waals surface area contributed by atoms with Crippen molar-refractivity contribution in [3.8, 4) is 0 Å². The van der Waals surface area contributed by atoms with Gasteiger partial charge in [0.05, 0.1) is 0 Å². The quantitative estimate of drug-likeness (QED) is 0.0263. The van der Waals surface area contributed by atoms with Gasteiger partial charge in [0.2, 0.25) is 0 Å². The van der Waals surface area contributed by atoms with Gasteiger partial charge in [-0.25, -0.2) is 0 Å². The van der Waals surface area contributed by atoms with Gasteiger partial charge in [0.1, 0.15) is 13.2 Å². The molecule has 0 aromatic rings. The van der Waals surface area contributed by atoms with Gasteiger partial charge in [-0.2, -0.15) is 0 Å². The molecular weight excluding hydrogens is 745 g/mol. The maximum Gasteiger partial charge on any atom is 0.306 e. The summed E-state index contributed by atoms with van der Waals surface area (Å²) in [6, 6.07) is 0. The topological polar surface area (TPSA) is 78.9 Å². The number of esters is 3. The summed E-state index contributed by atoms with van der Waals surface area (Å²) in [6.45, 7) is 6.57. The van der Waals surface area contributed by atoms with Crippen LogP contribution in [0.15, 0.2) is 48.6 Å². The fourth-order valence-electron chi connectivity index (χ4n) is 7.15. The van der Waals surface area contributed by atoms with Crippen LogP contribution in [0.5, 0.6) is 0 Å². The van der Waals surface area contributed by atoms with Gasteiger partial charge in [-0.3, -0.25) is 14.4 Å². The highest BCUT2D eigenvalue weighted by Crippen LogP contribution is 2.14. The molecular formula is C54H96O6. The predicted octanol–water partition coefficient (Wildman–Crippen LogP) is 16.7. The second-order valence-electron chi connectivity index (χ2n) is 17.1. The average molecular weight is 841 g/mol. The Morgan fingerprint density at radius 1 is 0.333 bits per heavy atom. The largest absolute Gasteiger partial charge is 0.462 e. The summed E-state index contributed by atoms with van der Waals surface area (Å²) < 4.78 is 16.7. The first-order valence-electron chi connectivity index (χ1n) is 25.6. The number of hydrogen-bond acceptors (Lipinski definition) is 6. The van der Waals surface area contributed by atoms with Gasteiger partial charge in [0.15, 0.2) is 6.10 Å². The minimum atomic E-state index is -0.778. The van der Waals surface area contributed by atoms with Crippen LogP contribution in [0.25, 0.3) is 0 Å². The molecule has 0 saturated heterocycles. The van der Waals surface area contributed by atoms with Gasteiger partial charge in [-0.1, -0.05) is 204 Å². The van der Waals surface area contributed by atoms with Crippen molar-refractivity contribution in [2.75, 3.05) is 13.2 Å². The molecule has 60 heavy (non-hydrogen) atoms. The predicted molar refractivity (Wildman–Crippen MR) is 256 cm³/mol. The summed E-state index contributed by atoms with van der Waals surface area (Å²) in [5.74, 6) is -0.900. The molecule has 0 rings (SSSR count). The normalized spacial score (nSPS) is 12.4. The van der Waals surface area contributed by atoms with Gasteiger partial charge in [0, 0.05) is 19.3 Å². The molecule has 1 atom stereocenters. The molecule has 0 N–H and O–H groups in total. The van der Waals surface area contributed by atoms with E-state index in [0.29, 0.717) is 19.3 Å². The summed E-state index contributed by atoms with van der Waals surface area (Å²) in [7, 11) is 0. The molecule has 0 bridgehead atoms. The summed E-state index contributed by atoms with van der Waals surface area (Å²) in [6.07, 6.45) is 58.1. The van der Waals surface area contributed by atoms with Crippen LogP contribution >= 0.6 is 0 Å². The minimum absolute atomic E-state index is 0.0794. The second-order valence-corrected chi connectivity index (χ2v) is 17.1. The first-order valence-corrected chi connectivity index (χ1v) is 25.6. The maximum absolute atomic E-state index is 12.8. The smallest absolute Gasteiger partial charge is 0.306 e. The first kappa shape index (κ1) is 57.4. The van der Waals surface area contributed by atoms with Crippen LogP contribution in [0.3, 0.4) is 0 Å². The molecule has 0 aliphatic rings. The highest BCUT2D eigenvalue weighted by atomic mass is 16.6. The van der Waals surface area contributed by atoms with Crippen LogP contribution in [0.1, 0.15) is 258 Å². The van der Waals surface area contributed by atoms with Crippen LogP contribution in [0.2, 0.25) is 0 Å². The van der Waals surface area contributed by atoms with E-state index in [-0.39, 0.29) is 31.1 Å². The molecule has 0 aliphatic carbocycles.